The number of rotatable bonds is 4. The first kappa shape index (κ1) is 29.8. The fourth-order valence-electron chi connectivity index (χ4n) is 8.67. The molecule has 7 aromatic carbocycles. The molecule has 0 bridgehead atoms. The van der Waals surface area contributed by atoms with Gasteiger partial charge in [-0.3, -0.25) is 22.9 Å². The van der Waals surface area contributed by atoms with Crippen LogP contribution in [0.3, 0.4) is 0 Å². The molecule has 0 amide bonds. The van der Waals surface area contributed by atoms with Crippen LogP contribution in [0.1, 0.15) is 0 Å². The van der Waals surface area contributed by atoms with E-state index in [1.807, 2.05) is 6.07 Å². The molecule has 53 heavy (non-hydrogen) atoms. The van der Waals surface area contributed by atoms with Gasteiger partial charge in [-0.05, 0) is 71.4 Å². The average molecular weight is 759 g/mol. The average Bonchev–Trinajstić information content (AvgIpc) is 3.79. The zero-order valence-electron chi connectivity index (χ0n) is 26.1. The van der Waals surface area contributed by atoms with Gasteiger partial charge in [0.1, 0.15) is 11.3 Å². The molecular formula is C36H14N4O10S3. The lowest BCUT2D eigenvalue weighted by Gasteiger charge is -2.17. The van der Waals surface area contributed by atoms with Crippen molar-refractivity contribution in [2.45, 2.75) is 19.6 Å². The number of aromatic nitrogens is 4. The molecule has 0 saturated heterocycles. The van der Waals surface area contributed by atoms with Gasteiger partial charge in [-0.1, -0.05) is 17.2 Å². The van der Waals surface area contributed by atoms with E-state index in [1.54, 1.807) is 42.5 Å². The van der Waals surface area contributed by atoms with Crippen molar-refractivity contribution in [1.29, 1.82) is 0 Å². The highest BCUT2D eigenvalue weighted by Gasteiger charge is 2.37. The zero-order chi connectivity index (χ0) is 36.0. The molecule has 11 aromatic rings. The van der Waals surface area contributed by atoms with Gasteiger partial charge >= 0.3 is 0 Å². The predicted octanol–water partition coefficient (Wildman–Crippen LogP) is 6.06. The smallest absolute Gasteiger partial charge is 0.282 e. The summed E-state index contributed by atoms with van der Waals surface area (Å²) in [5.41, 5.74) is 0.889. The number of pyridine rings is 2. The first-order valence-corrected chi connectivity index (χ1v) is 19.4. The third-order valence-corrected chi connectivity index (χ3v) is 13.9. The molecule has 4 aromatic heterocycles. The zero-order valence-corrected chi connectivity index (χ0v) is 28.6. The molecule has 12 rings (SSSR count). The maximum absolute atomic E-state index is 14.7. The van der Waals surface area contributed by atoms with E-state index in [0.717, 1.165) is 18.1 Å². The summed E-state index contributed by atoms with van der Waals surface area (Å²) in [6.45, 7) is 0. The number of hydrogen-bond acceptors (Lipinski definition) is 12. The lowest BCUT2D eigenvalue weighted by Crippen LogP contribution is -2.14. The van der Waals surface area contributed by atoms with Crippen molar-refractivity contribution < 1.29 is 36.0 Å². The van der Waals surface area contributed by atoms with E-state index < -0.39 is 30.4 Å². The van der Waals surface area contributed by atoms with Crippen LogP contribution in [0.15, 0.2) is 102 Å². The van der Waals surface area contributed by atoms with Gasteiger partial charge in [-0.2, -0.15) is 8.42 Å². The number of hydrogen-bond donors (Lipinski definition) is 2. The highest BCUT2D eigenvalue weighted by molar-refractivity contribution is 7.94. The molecule has 2 N–H and O–H groups in total. The Kier molecular flexibility index (Phi) is 5.18. The largest absolute Gasteiger partial charge is 0.294 e. The van der Waals surface area contributed by atoms with Crippen LogP contribution >= 0.6 is 12.0 Å². The Bertz CT molecular complexity index is 3940. The molecule has 0 spiro atoms. The van der Waals surface area contributed by atoms with Gasteiger partial charge in [0.25, 0.3) is 21.2 Å². The Morgan fingerprint density at radius 1 is 0.623 bits per heavy atom. The van der Waals surface area contributed by atoms with Crippen LogP contribution in [0.2, 0.25) is 0 Å². The quantitative estimate of drug-likeness (QED) is 0.0525. The van der Waals surface area contributed by atoms with E-state index >= 15 is 0 Å². The normalized spacial score (nSPS) is 14.7. The van der Waals surface area contributed by atoms with Gasteiger partial charge < -0.3 is 0 Å². The summed E-state index contributed by atoms with van der Waals surface area (Å²) in [6, 6.07) is 18.9. The Hall–Kier alpha value is -5.79. The van der Waals surface area contributed by atoms with Crippen molar-refractivity contribution in [2.75, 3.05) is 0 Å². The minimum Gasteiger partial charge on any atom is -0.282 e. The second-order valence-electron chi connectivity index (χ2n) is 13.1. The molecule has 0 aliphatic carbocycles. The highest BCUT2D eigenvalue weighted by atomic mass is 32.2. The standard InChI is InChI=1S/C36H14N4O10S3/c41-35-18-6-4-16-15-3-5-17-27-20(36(42)40-24-10-14(53(46,47)48)2-8-22(24)37-33(17)40)12-26-32(29(15)27)31-25(52(26,44)45)11-19(28(18)30(16)31)34-38-21-7-1-13(51-50-49-43)9-23(21)39(34)35/h1-12,43H,(H,46,47,48). The fraction of sp³-hybridized carbons (Fsp3) is 0. The summed E-state index contributed by atoms with van der Waals surface area (Å²) >= 11 is 0.725. The van der Waals surface area contributed by atoms with Gasteiger partial charge in [0, 0.05) is 53.4 Å². The summed E-state index contributed by atoms with van der Waals surface area (Å²) < 4.78 is 70.5. The lowest BCUT2D eigenvalue weighted by molar-refractivity contribution is -0.432. The van der Waals surface area contributed by atoms with Gasteiger partial charge in [0.15, 0.2) is 0 Å². The Balaban J connectivity index is 1.28. The first-order valence-electron chi connectivity index (χ1n) is 15.8. The molecule has 0 fully saturated rings. The van der Waals surface area contributed by atoms with Crippen LogP contribution in [-0.4, -0.2) is 45.4 Å². The van der Waals surface area contributed by atoms with Crippen molar-refractivity contribution >= 4 is 130 Å². The van der Waals surface area contributed by atoms with Crippen molar-refractivity contribution in [3.8, 4) is 0 Å². The topological polar surface area (TPSA) is 196 Å². The number of sulfone groups is 1. The summed E-state index contributed by atoms with van der Waals surface area (Å²) in [7, 11) is -8.86. The van der Waals surface area contributed by atoms with E-state index in [1.165, 1.54) is 27.0 Å². The van der Waals surface area contributed by atoms with E-state index in [-0.39, 0.29) is 37.5 Å². The van der Waals surface area contributed by atoms with E-state index in [4.69, 9.17) is 10.2 Å². The maximum atomic E-state index is 14.7. The van der Waals surface area contributed by atoms with Crippen LogP contribution in [-0.2, 0) is 29.3 Å². The van der Waals surface area contributed by atoms with Crippen molar-refractivity contribution in [1.82, 2.24) is 18.8 Å². The van der Waals surface area contributed by atoms with E-state index in [0.29, 0.717) is 80.7 Å². The summed E-state index contributed by atoms with van der Waals surface area (Å²) in [6.07, 6.45) is 0. The number of imidazole rings is 2. The molecule has 0 saturated carbocycles. The molecule has 1 aliphatic heterocycles. The summed E-state index contributed by atoms with van der Waals surface area (Å²) in [5.74, 6) is 0. The minimum atomic E-state index is -4.61. The summed E-state index contributed by atoms with van der Waals surface area (Å²) in [4.78, 5) is 38.3. The molecule has 256 valence electrons. The Labute approximate surface area is 296 Å². The van der Waals surface area contributed by atoms with Crippen LogP contribution in [0.5, 0.6) is 0 Å². The highest BCUT2D eigenvalue weighted by Crippen LogP contribution is 2.54. The lowest BCUT2D eigenvalue weighted by atomic mass is 9.86. The number of nitrogens with zero attached hydrogens (tertiary/aromatic N) is 4. The molecule has 0 unspecified atom stereocenters. The van der Waals surface area contributed by atoms with Crippen LogP contribution < -0.4 is 11.1 Å². The first-order chi connectivity index (χ1) is 25.5. The van der Waals surface area contributed by atoms with Gasteiger partial charge in [-0.25, -0.2) is 23.6 Å². The number of fused-ring (bicyclic) bond motifs is 9. The van der Waals surface area contributed by atoms with Crippen LogP contribution in [0.4, 0.5) is 0 Å². The van der Waals surface area contributed by atoms with Crippen molar-refractivity contribution in [2.24, 2.45) is 0 Å². The third-order valence-electron chi connectivity index (χ3n) is 10.7. The Morgan fingerprint density at radius 3 is 1.83 bits per heavy atom. The van der Waals surface area contributed by atoms with Crippen molar-refractivity contribution in [3.63, 3.8) is 0 Å². The predicted molar refractivity (Wildman–Crippen MR) is 196 cm³/mol. The summed E-state index contributed by atoms with van der Waals surface area (Å²) in [5, 5.41) is 18.3. The van der Waals surface area contributed by atoms with E-state index in [2.05, 4.69) is 14.4 Å². The van der Waals surface area contributed by atoms with Gasteiger partial charge in [0.2, 0.25) is 9.84 Å². The number of benzene rings is 7. The fourth-order valence-corrected chi connectivity index (χ4v) is 11.3. The van der Waals surface area contributed by atoms with Gasteiger partial charge in [-0.15, -0.1) is 4.33 Å². The van der Waals surface area contributed by atoms with E-state index in [9.17, 15) is 31.0 Å². The van der Waals surface area contributed by atoms with Gasteiger partial charge in [0.05, 0.1) is 54.2 Å². The molecule has 1 aliphatic rings. The maximum Gasteiger partial charge on any atom is 0.294 e. The SMILES string of the molecule is O=c1c2ccc3c4ccc5c6c(cc7c(c8c(cc(c2c38)c2nc3ccc(SOOO)cc3n12)S7(=O)=O)c46)c(=O)n1c2cc(S(=O)(=O)O)ccc2nc51. The molecule has 17 heteroatoms. The molecule has 5 heterocycles. The second kappa shape index (κ2) is 9.22. The van der Waals surface area contributed by atoms with Crippen LogP contribution in [0, 0.1) is 0 Å². The monoisotopic (exact) mass is 758 g/mol. The van der Waals surface area contributed by atoms with Crippen molar-refractivity contribution in [3.05, 3.63) is 93.5 Å². The van der Waals surface area contributed by atoms with Crippen LogP contribution in [0.25, 0.3) is 98.0 Å². The molecular weight excluding hydrogens is 745 g/mol. The third kappa shape index (κ3) is 3.35. The second-order valence-corrected chi connectivity index (χ2v) is 17.2. The molecule has 14 nitrogen and oxygen atoms in total. The Morgan fingerprint density at radius 2 is 1.17 bits per heavy atom. The minimum absolute atomic E-state index is 0.0215. The molecule has 0 radical (unpaired) electrons. The molecule has 0 atom stereocenters.